The lowest BCUT2D eigenvalue weighted by Crippen LogP contribution is -2.42. The van der Waals surface area contributed by atoms with Crippen molar-refractivity contribution in [1.29, 1.82) is 0 Å². The summed E-state index contributed by atoms with van der Waals surface area (Å²) in [5, 5.41) is 13.0. The van der Waals surface area contributed by atoms with E-state index in [9.17, 15) is 14.7 Å². The summed E-state index contributed by atoms with van der Waals surface area (Å²) >= 11 is 5.80. The number of carbonyl (C=O) groups is 2. The average molecular weight is 353 g/mol. The number of carboxylic acid groups (broad SMARTS) is 1. The number of amides is 2. The topological polar surface area (TPSA) is 78.9 Å². The number of ether oxygens (including phenoxy) is 1. The molecule has 1 aliphatic heterocycles. The van der Waals surface area contributed by atoms with Gasteiger partial charge in [-0.1, -0.05) is 18.0 Å². The monoisotopic (exact) mass is 352 g/mol. The molecule has 3 rings (SSSR count). The van der Waals surface area contributed by atoms with Crippen LogP contribution < -0.4 is 10.1 Å². The minimum Gasteiger partial charge on any atom is -0.492 e. The zero-order chi connectivity index (χ0) is 17.2. The average Bonchev–Trinajstić information content (AvgIpc) is 3.11. The zero-order valence-electron chi connectivity index (χ0n) is 13.3. The summed E-state index contributed by atoms with van der Waals surface area (Å²) in [7, 11) is 0. The molecule has 1 aromatic carbocycles. The summed E-state index contributed by atoms with van der Waals surface area (Å²) in [6, 6.07) is 6.79. The van der Waals surface area contributed by atoms with Crippen molar-refractivity contribution >= 4 is 23.6 Å². The van der Waals surface area contributed by atoms with Crippen LogP contribution in [0.4, 0.5) is 4.79 Å². The summed E-state index contributed by atoms with van der Waals surface area (Å²) in [6.45, 7) is 1.53. The predicted octanol–water partition coefficient (Wildman–Crippen LogP) is 2.62. The Morgan fingerprint density at radius 1 is 1.38 bits per heavy atom. The lowest BCUT2D eigenvalue weighted by atomic mass is 9.81. The minimum atomic E-state index is -0.772. The van der Waals surface area contributed by atoms with E-state index in [1.54, 1.807) is 29.2 Å². The van der Waals surface area contributed by atoms with Gasteiger partial charge in [0.15, 0.2) is 0 Å². The van der Waals surface area contributed by atoms with Crippen molar-refractivity contribution in [2.75, 3.05) is 26.2 Å². The molecule has 6 nitrogen and oxygen atoms in total. The molecule has 1 heterocycles. The van der Waals surface area contributed by atoms with Crippen molar-refractivity contribution in [2.45, 2.75) is 19.3 Å². The van der Waals surface area contributed by atoms with Gasteiger partial charge in [0.1, 0.15) is 12.4 Å². The van der Waals surface area contributed by atoms with Crippen LogP contribution in [0.5, 0.6) is 5.75 Å². The van der Waals surface area contributed by atoms with Crippen molar-refractivity contribution in [3.05, 3.63) is 29.3 Å². The van der Waals surface area contributed by atoms with Gasteiger partial charge in [-0.3, -0.25) is 4.79 Å². The first-order valence-corrected chi connectivity index (χ1v) is 8.53. The number of nitrogens with zero attached hydrogens (tertiary/aromatic N) is 1. The van der Waals surface area contributed by atoms with Crippen LogP contribution in [0.3, 0.4) is 0 Å². The second kappa shape index (κ2) is 6.89. The maximum Gasteiger partial charge on any atom is 0.317 e. The Morgan fingerprint density at radius 2 is 2.12 bits per heavy atom. The van der Waals surface area contributed by atoms with Crippen LogP contribution >= 0.6 is 11.6 Å². The third kappa shape index (κ3) is 3.29. The van der Waals surface area contributed by atoms with Crippen LogP contribution in [0, 0.1) is 11.3 Å². The highest BCUT2D eigenvalue weighted by Gasteiger charge is 2.55. The highest BCUT2D eigenvalue weighted by atomic mass is 35.5. The van der Waals surface area contributed by atoms with E-state index < -0.39 is 11.4 Å². The van der Waals surface area contributed by atoms with E-state index in [2.05, 4.69) is 5.32 Å². The number of hydrogen-bond donors (Lipinski definition) is 2. The molecule has 1 saturated heterocycles. The van der Waals surface area contributed by atoms with Gasteiger partial charge >= 0.3 is 12.0 Å². The number of nitrogens with one attached hydrogen (secondary N) is 1. The van der Waals surface area contributed by atoms with Crippen molar-refractivity contribution < 1.29 is 19.4 Å². The smallest absolute Gasteiger partial charge is 0.317 e. The molecule has 0 unspecified atom stereocenters. The van der Waals surface area contributed by atoms with Crippen LogP contribution in [-0.2, 0) is 4.79 Å². The molecule has 130 valence electrons. The van der Waals surface area contributed by atoms with Gasteiger partial charge in [-0.05, 0) is 43.0 Å². The molecule has 0 aromatic heterocycles. The summed E-state index contributed by atoms with van der Waals surface area (Å²) in [5.74, 6) is -0.00776. The van der Waals surface area contributed by atoms with E-state index in [0.717, 1.165) is 12.8 Å². The van der Waals surface area contributed by atoms with Crippen molar-refractivity contribution in [3.63, 3.8) is 0 Å². The van der Waals surface area contributed by atoms with Gasteiger partial charge in [0.05, 0.1) is 12.0 Å². The van der Waals surface area contributed by atoms with E-state index in [-0.39, 0.29) is 11.9 Å². The van der Waals surface area contributed by atoms with E-state index >= 15 is 0 Å². The van der Waals surface area contributed by atoms with Gasteiger partial charge in [0.2, 0.25) is 0 Å². The second-order valence-electron chi connectivity index (χ2n) is 6.47. The Labute approximate surface area is 145 Å². The molecule has 1 aromatic rings. The molecule has 0 radical (unpaired) electrons. The molecule has 2 atom stereocenters. The molecule has 2 N–H and O–H groups in total. The van der Waals surface area contributed by atoms with Gasteiger partial charge in [0, 0.05) is 18.1 Å². The Morgan fingerprint density at radius 3 is 2.79 bits per heavy atom. The molecule has 2 amide bonds. The molecule has 2 aliphatic rings. The van der Waals surface area contributed by atoms with E-state index in [4.69, 9.17) is 16.3 Å². The van der Waals surface area contributed by atoms with E-state index in [1.807, 2.05) is 0 Å². The lowest BCUT2D eigenvalue weighted by molar-refractivity contribution is -0.149. The fraction of sp³-hybridized carbons (Fsp3) is 0.529. The lowest BCUT2D eigenvalue weighted by Gasteiger charge is -2.23. The van der Waals surface area contributed by atoms with Crippen LogP contribution in [0.1, 0.15) is 19.3 Å². The SMILES string of the molecule is O=C(NCCOc1ccc(Cl)cc1)N1C[C@@H]2CCC[C@@]2(C(=O)O)C1. The number of rotatable bonds is 5. The summed E-state index contributed by atoms with van der Waals surface area (Å²) in [6.07, 6.45) is 2.48. The number of urea groups is 1. The number of aliphatic carboxylic acids is 1. The Balaban J connectivity index is 1.45. The molecular weight excluding hydrogens is 332 g/mol. The number of benzene rings is 1. The second-order valence-corrected chi connectivity index (χ2v) is 6.90. The standard InChI is InChI=1S/C17H21ClN2O4/c18-13-3-5-14(6-4-13)24-9-8-19-16(23)20-10-12-2-1-7-17(12,11-20)15(21)22/h3-6,12H,1-2,7-11H2,(H,19,23)(H,21,22)/t12-,17+/m0/s1. The largest absolute Gasteiger partial charge is 0.492 e. The van der Waals surface area contributed by atoms with Crippen LogP contribution in [-0.4, -0.2) is 48.2 Å². The Bertz CT molecular complexity index is 622. The molecule has 1 aliphatic carbocycles. The number of carbonyl (C=O) groups excluding carboxylic acids is 1. The van der Waals surface area contributed by atoms with Gasteiger partial charge in [-0.2, -0.15) is 0 Å². The predicted molar refractivity (Wildman–Crippen MR) is 89.3 cm³/mol. The molecule has 7 heteroatoms. The number of fused-ring (bicyclic) bond motifs is 1. The first-order chi connectivity index (χ1) is 11.5. The minimum absolute atomic E-state index is 0.0751. The first kappa shape index (κ1) is 16.9. The van der Waals surface area contributed by atoms with Crippen molar-refractivity contribution in [3.8, 4) is 5.75 Å². The highest BCUT2D eigenvalue weighted by Crippen LogP contribution is 2.48. The van der Waals surface area contributed by atoms with Crippen molar-refractivity contribution in [1.82, 2.24) is 10.2 Å². The number of halogens is 1. The Kier molecular flexibility index (Phi) is 4.85. The molecule has 0 bridgehead atoms. The molecule has 2 fully saturated rings. The van der Waals surface area contributed by atoms with Crippen LogP contribution in [0.25, 0.3) is 0 Å². The summed E-state index contributed by atoms with van der Waals surface area (Å²) in [4.78, 5) is 25.5. The van der Waals surface area contributed by atoms with Gasteiger partial charge in [0.25, 0.3) is 0 Å². The first-order valence-electron chi connectivity index (χ1n) is 8.16. The van der Waals surface area contributed by atoms with Gasteiger partial charge in [-0.25, -0.2) is 4.79 Å². The third-order valence-electron chi connectivity index (χ3n) is 5.04. The van der Waals surface area contributed by atoms with Gasteiger partial charge in [-0.15, -0.1) is 0 Å². The molecule has 0 spiro atoms. The summed E-state index contributed by atoms with van der Waals surface area (Å²) < 4.78 is 5.52. The number of hydrogen-bond acceptors (Lipinski definition) is 3. The fourth-order valence-electron chi connectivity index (χ4n) is 3.76. The maximum absolute atomic E-state index is 12.2. The third-order valence-corrected chi connectivity index (χ3v) is 5.30. The Hall–Kier alpha value is -1.95. The molecule has 24 heavy (non-hydrogen) atoms. The normalized spacial score (nSPS) is 25.4. The van der Waals surface area contributed by atoms with E-state index in [0.29, 0.717) is 43.4 Å². The zero-order valence-corrected chi connectivity index (χ0v) is 14.1. The van der Waals surface area contributed by atoms with Crippen molar-refractivity contribution in [2.24, 2.45) is 11.3 Å². The van der Waals surface area contributed by atoms with Crippen LogP contribution in [0.15, 0.2) is 24.3 Å². The summed E-state index contributed by atoms with van der Waals surface area (Å²) in [5.41, 5.74) is -0.739. The number of carboxylic acids is 1. The van der Waals surface area contributed by atoms with E-state index in [1.165, 1.54) is 0 Å². The maximum atomic E-state index is 12.2. The molecule has 1 saturated carbocycles. The quantitative estimate of drug-likeness (QED) is 0.798. The fourth-order valence-corrected chi connectivity index (χ4v) is 3.89. The van der Waals surface area contributed by atoms with Gasteiger partial charge < -0.3 is 20.1 Å². The van der Waals surface area contributed by atoms with Crippen LogP contribution in [0.2, 0.25) is 5.02 Å². The molecular formula is C17H21ClN2O4. The number of likely N-dealkylation sites (tertiary alicyclic amines) is 1. The highest BCUT2D eigenvalue weighted by molar-refractivity contribution is 6.30.